The Morgan fingerprint density at radius 2 is 1.84 bits per heavy atom. The molecule has 5 rings (SSSR count). The summed E-state index contributed by atoms with van der Waals surface area (Å²) in [5, 5.41) is 0. The summed E-state index contributed by atoms with van der Waals surface area (Å²) in [6.07, 6.45) is 1.61. The number of rotatable bonds is 9. The van der Waals surface area contributed by atoms with Gasteiger partial charge in [0.1, 0.15) is 11.5 Å². The Balaban J connectivity index is 1.67. The van der Waals surface area contributed by atoms with E-state index in [1.165, 1.54) is 30.1 Å². The summed E-state index contributed by atoms with van der Waals surface area (Å²) in [5.74, 6) is 0.728. The number of hydrogen-bond donors (Lipinski definition) is 0. The molecule has 2 aromatic heterocycles. The molecule has 0 aliphatic carbocycles. The fraction of sp³-hybridized carbons (Fsp3) is 0.250. The van der Waals surface area contributed by atoms with Crippen LogP contribution in [0, 0.1) is 0 Å². The molecule has 0 unspecified atom stereocenters. The van der Waals surface area contributed by atoms with E-state index in [0.717, 1.165) is 0 Å². The quantitative estimate of drug-likeness (QED) is 0.226. The number of thiazole rings is 1. The van der Waals surface area contributed by atoms with Gasteiger partial charge < -0.3 is 23.4 Å². The van der Waals surface area contributed by atoms with Gasteiger partial charge in [-0.25, -0.2) is 14.6 Å². The van der Waals surface area contributed by atoms with Crippen LogP contribution < -0.4 is 24.4 Å². The average Bonchev–Trinajstić information content (AvgIpc) is 3.60. The molecular formula is C32H29BrN2O8S. The Bertz CT molecular complexity index is 1970. The van der Waals surface area contributed by atoms with Crippen molar-refractivity contribution in [1.82, 2.24) is 4.57 Å². The van der Waals surface area contributed by atoms with E-state index in [1.807, 2.05) is 6.92 Å². The van der Waals surface area contributed by atoms with E-state index in [0.29, 0.717) is 65.8 Å². The van der Waals surface area contributed by atoms with E-state index in [2.05, 4.69) is 20.9 Å². The van der Waals surface area contributed by atoms with Crippen LogP contribution >= 0.6 is 27.3 Å². The lowest BCUT2D eigenvalue weighted by Crippen LogP contribution is -2.40. The summed E-state index contributed by atoms with van der Waals surface area (Å²) in [6.45, 7) is 5.83. The van der Waals surface area contributed by atoms with Crippen LogP contribution in [0.1, 0.15) is 48.5 Å². The number of furan rings is 1. The zero-order valence-corrected chi connectivity index (χ0v) is 27.0. The number of fused-ring (bicyclic) bond motifs is 1. The molecule has 2 aromatic carbocycles. The summed E-state index contributed by atoms with van der Waals surface area (Å²) >= 11 is 4.79. The summed E-state index contributed by atoms with van der Waals surface area (Å²) in [4.78, 5) is 44.7. The van der Waals surface area contributed by atoms with Crippen molar-refractivity contribution in [3.63, 3.8) is 0 Å². The molecular weight excluding hydrogens is 652 g/mol. The third-order valence-corrected chi connectivity index (χ3v) is 8.56. The van der Waals surface area contributed by atoms with Crippen molar-refractivity contribution < 1.29 is 33.0 Å². The Kier molecular flexibility index (Phi) is 9.21. The maximum atomic E-state index is 14.1. The molecule has 0 bridgehead atoms. The van der Waals surface area contributed by atoms with Crippen LogP contribution in [0.15, 0.2) is 78.5 Å². The molecule has 1 aliphatic rings. The van der Waals surface area contributed by atoms with Crippen LogP contribution in [0.3, 0.4) is 0 Å². The molecule has 1 atom stereocenters. The minimum absolute atomic E-state index is 0.153. The van der Waals surface area contributed by atoms with Crippen molar-refractivity contribution in [3.8, 4) is 22.8 Å². The summed E-state index contributed by atoms with van der Waals surface area (Å²) in [6, 6.07) is 13.0. The van der Waals surface area contributed by atoms with Gasteiger partial charge in [0.25, 0.3) is 5.56 Å². The second kappa shape index (κ2) is 13.1. The maximum absolute atomic E-state index is 14.1. The first kappa shape index (κ1) is 31.0. The second-order valence-corrected chi connectivity index (χ2v) is 11.4. The number of carbonyl (C=O) groups is 2. The fourth-order valence-corrected chi connectivity index (χ4v) is 6.53. The van der Waals surface area contributed by atoms with Crippen LogP contribution in [0.2, 0.25) is 0 Å². The highest BCUT2D eigenvalue weighted by Gasteiger charge is 2.35. The first-order valence-electron chi connectivity index (χ1n) is 13.7. The monoisotopic (exact) mass is 680 g/mol. The van der Waals surface area contributed by atoms with Crippen molar-refractivity contribution in [2.24, 2.45) is 4.99 Å². The van der Waals surface area contributed by atoms with Gasteiger partial charge in [0.2, 0.25) is 0 Å². The number of carbonyl (C=O) groups excluding carboxylic acids is 2. The lowest BCUT2D eigenvalue weighted by atomic mass is 9.95. The van der Waals surface area contributed by atoms with E-state index in [9.17, 15) is 14.4 Å². The molecule has 0 spiro atoms. The van der Waals surface area contributed by atoms with Crippen molar-refractivity contribution in [3.05, 3.63) is 101 Å². The molecule has 10 nitrogen and oxygen atoms in total. The van der Waals surface area contributed by atoms with E-state index in [1.54, 1.807) is 68.5 Å². The minimum Gasteiger partial charge on any atom is -0.493 e. The molecule has 44 heavy (non-hydrogen) atoms. The first-order valence-corrected chi connectivity index (χ1v) is 15.3. The van der Waals surface area contributed by atoms with Gasteiger partial charge in [-0.1, -0.05) is 45.5 Å². The largest absolute Gasteiger partial charge is 0.493 e. The lowest BCUT2D eigenvalue weighted by molar-refractivity contribution is -0.139. The predicted octanol–water partition coefficient (Wildman–Crippen LogP) is 5.01. The Hall–Kier alpha value is -4.42. The number of methoxy groups -OCH3 is 2. The van der Waals surface area contributed by atoms with Crippen LogP contribution in [0.4, 0.5) is 0 Å². The molecule has 0 amide bonds. The average molecular weight is 682 g/mol. The number of aromatic nitrogens is 1. The van der Waals surface area contributed by atoms with Gasteiger partial charge in [0.05, 0.1) is 54.8 Å². The highest BCUT2D eigenvalue weighted by Crippen LogP contribution is 2.41. The summed E-state index contributed by atoms with van der Waals surface area (Å²) in [7, 11) is 2.85. The molecule has 0 radical (unpaired) electrons. The summed E-state index contributed by atoms with van der Waals surface area (Å²) < 4.78 is 30.1. The Morgan fingerprint density at radius 1 is 1.07 bits per heavy atom. The smallest absolute Gasteiger partial charge is 0.338 e. The molecule has 228 valence electrons. The SMILES string of the molecule is CCOC(=O)C1=C(C)N=c2s/c(=C/c3ccc(-c4ccccc4C(=O)OC)o3)c(=O)n2[C@@H]1c1cc(OCC)c(OC)cc1Br. The molecule has 3 heterocycles. The van der Waals surface area contributed by atoms with Crippen LogP contribution in [0.25, 0.3) is 17.4 Å². The molecule has 0 N–H and O–H groups in total. The van der Waals surface area contributed by atoms with Crippen LogP contribution in [0.5, 0.6) is 11.5 Å². The predicted molar refractivity (Wildman–Crippen MR) is 168 cm³/mol. The third kappa shape index (κ3) is 5.74. The second-order valence-electron chi connectivity index (χ2n) is 9.50. The molecule has 0 fully saturated rings. The minimum atomic E-state index is -0.869. The van der Waals surface area contributed by atoms with Gasteiger partial charge in [-0.2, -0.15) is 0 Å². The van der Waals surface area contributed by atoms with Crippen LogP contribution in [-0.4, -0.2) is 43.9 Å². The standard InChI is InChI=1S/C32H29BrN2O8S/c1-6-41-25-15-21(22(33)16-24(25)39-4)28-27(31(38)42-7-2)17(3)34-32-35(28)29(36)26(44-32)14-18-12-13-23(43-18)19-10-8-9-11-20(19)30(37)40-5/h8-16,28H,6-7H2,1-5H3/b26-14+/t28-/m1/s1. The van der Waals surface area contributed by atoms with Crippen molar-refractivity contribution >= 4 is 45.3 Å². The topological polar surface area (TPSA) is 119 Å². The van der Waals surface area contributed by atoms with Crippen molar-refractivity contribution in [2.45, 2.75) is 26.8 Å². The summed E-state index contributed by atoms with van der Waals surface area (Å²) in [5.41, 5.74) is 1.80. The number of allylic oxidation sites excluding steroid dienone is 1. The van der Waals surface area contributed by atoms with E-state index in [-0.39, 0.29) is 17.7 Å². The highest BCUT2D eigenvalue weighted by atomic mass is 79.9. The number of halogens is 1. The van der Waals surface area contributed by atoms with Gasteiger partial charge in [0.15, 0.2) is 16.3 Å². The molecule has 12 heteroatoms. The first-order chi connectivity index (χ1) is 21.2. The number of hydrogen-bond acceptors (Lipinski definition) is 10. The number of ether oxygens (including phenoxy) is 4. The Labute approximate surface area is 265 Å². The molecule has 1 aliphatic heterocycles. The lowest BCUT2D eigenvalue weighted by Gasteiger charge is -2.26. The van der Waals surface area contributed by atoms with Crippen molar-refractivity contribution in [1.29, 1.82) is 0 Å². The third-order valence-electron chi connectivity index (χ3n) is 6.89. The normalized spacial score (nSPS) is 14.6. The van der Waals surface area contributed by atoms with E-state index in [4.69, 9.17) is 23.4 Å². The zero-order chi connectivity index (χ0) is 31.5. The number of benzene rings is 2. The van der Waals surface area contributed by atoms with Gasteiger partial charge in [-0.15, -0.1) is 0 Å². The molecule has 0 saturated heterocycles. The Morgan fingerprint density at radius 3 is 2.55 bits per heavy atom. The maximum Gasteiger partial charge on any atom is 0.338 e. The molecule has 0 saturated carbocycles. The van der Waals surface area contributed by atoms with Gasteiger partial charge >= 0.3 is 11.9 Å². The van der Waals surface area contributed by atoms with Gasteiger partial charge in [-0.05, 0) is 56.7 Å². The van der Waals surface area contributed by atoms with Crippen LogP contribution in [-0.2, 0) is 14.3 Å². The van der Waals surface area contributed by atoms with E-state index >= 15 is 0 Å². The number of nitrogens with zero attached hydrogens (tertiary/aromatic N) is 2. The van der Waals surface area contributed by atoms with E-state index < -0.39 is 18.0 Å². The zero-order valence-electron chi connectivity index (χ0n) is 24.6. The van der Waals surface area contributed by atoms with Gasteiger partial charge in [0, 0.05) is 16.1 Å². The highest BCUT2D eigenvalue weighted by molar-refractivity contribution is 9.10. The van der Waals surface area contributed by atoms with Gasteiger partial charge in [-0.3, -0.25) is 9.36 Å². The molecule has 4 aromatic rings. The number of esters is 2. The van der Waals surface area contributed by atoms with Crippen molar-refractivity contribution in [2.75, 3.05) is 27.4 Å². The fourth-order valence-electron chi connectivity index (χ4n) is 4.96.